The zero-order valence-corrected chi connectivity index (χ0v) is 18.3. The molecule has 1 N–H and O–H groups in total. The molecule has 0 spiro atoms. The second-order valence-corrected chi connectivity index (χ2v) is 9.28. The summed E-state index contributed by atoms with van der Waals surface area (Å²) in [4.78, 5) is 24.2. The van der Waals surface area contributed by atoms with Crippen molar-refractivity contribution < 1.29 is 31.3 Å². The van der Waals surface area contributed by atoms with Gasteiger partial charge in [-0.2, -0.15) is 17.5 Å². The number of sulfonamides is 1. The van der Waals surface area contributed by atoms with Gasteiger partial charge in [-0.05, 0) is 25.1 Å². The minimum absolute atomic E-state index is 0.0366. The molecule has 0 aromatic heterocycles. The normalized spacial score (nSPS) is 16.8. The van der Waals surface area contributed by atoms with E-state index in [1.54, 1.807) is 4.90 Å². The van der Waals surface area contributed by atoms with E-state index in [-0.39, 0.29) is 31.9 Å². The second kappa shape index (κ2) is 9.45. The van der Waals surface area contributed by atoms with Crippen LogP contribution in [0.3, 0.4) is 0 Å². The minimum atomic E-state index is -4.63. The fourth-order valence-electron chi connectivity index (χ4n) is 3.54. The van der Waals surface area contributed by atoms with Crippen LogP contribution in [0.25, 0.3) is 0 Å². The number of nitrogens with zero attached hydrogens (tertiary/aromatic N) is 3. The number of carbonyl (C=O) groups is 1. The molecule has 2 aromatic rings. The molecule has 1 unspecified atom stereocenters. The number of para-hydroxylation sites is 2. The Bertz CT molecular complexity index is 1150. The lowest BCUT2D eigenvalue weighted by molar-refractivity contribution is -0.387. The van der Waals surface area contributed by atoms with Gasteiger partial charge >= 0.3 is 6.18 Å². The fourth-order valence-corrected chi connectivity index (χ4v) is 5.12. The second-order valence-electron chi connectivity index (χ2n) is 7.37. The summed E-state index contributed by atoms with van der Waals surface area (Å²) in [7, 11) is -4.14. The number of alkyl halides is 3. The van der Waals surface area contributed by atoms with E-state index in [4.69, 9.17) is 0 Å². The van der Waals surface area contributed by atoms with Crippen molar-refractivity contribution >= 4 is 27.3 Å². The van der Waals surface area contributed by atoms with Crippen LogP contribution in [-0.2, 0) is 21.0 Å². The molecule has 1 aliphatic heterocycles. The van der Waals surface area contributed by atoms with Crippen molar-refractivity contribution in [2.45, 2.75) is 24.0 Å². The number of hydrogen-bond acceptors (Lipinski definition) is 6. The maximum atomic E-state index is 13.2. The predicted octanol–water partition coefficient (Wildman–Crippen LogP) is 2.95. The van der Waals surface area contributed by atoms with Gasteiger partial charge in [0, 0.05) is 32.2 Å². The molecule has 1 amide bonds. The van der Waals surface area contributed by atoms with Crippen molar-refractivity contribution in [1.29, 1.82) is 0 Å². The van der Waals surface area contributed by atoms with Crippen LogP contribution in [-0.4, -0.2) is 60.7 Å². The van der Waals surface area contributed by atoms with E-state index in [0.29, 0.717) is 0 Å². The van der Waals surface area contributed by atoms with Gasteiger partial charge < -0.3 is 5.32 Å². The minimum Gasteiger partial charge on any atom is -0.324 e. The smallest absolute Gasteiger partial charge is 0.324 e. The Morgan fingerprint density at radius 2 is 1.64 bits per heavy atom. The molecule has 0 bridgehead atoms. The third-order valence-electron chi connectivity index (χ3n) is 5.37. The van der Waals surface area contributed by atoms with Crippen molar-refractivity contribution in [2.75, 3.05) is 31.5 Å². The summed E-state index contributed by atoms with van der Waals surface area (Å²) in [5.74, 6) is -0.665. The Hall–Kier alpha value is -3.03. The van der Waals surface area contributed by atoms with Crippen LogP contribution in [0.2, 0.25) is 0 Å². The zero-order chi connectivity index (χ0) is 24.4. The van der Waals surface area contributed by atoms with Gasteiger partial charge in [0.05, 0.1) is 22.2 Å². The number of hydrogen-bond donors (Lipinski definition) is 1. The van der Waals surface area contributed by atoms with Crippen molar-refractivity contribution in [3.63, 3.8) is 0 Å². The van der Waals surface area contributed by atoms with Crippen LogP contribution >= 0.6 is 0 Å². The summed E-state index contributed by atoms with van der Waals surface area (Å²) < 4.78 is 66.4. The number of anilines is 1. The Labute approximate surface area is 188 Å². The van der Waals surface area contributed by atoms with Gasteiger partial charge in [0.25, 0.3) is 5.69 Å². The molecule has 1 fully saturated rings. The van der Waals surface area contributed by atoms with Gasteiger partial charge in [-0.3, -0.25) is 19.8 Å². The number of benzene rings is 2. The van der Waals surface area contributed by atoms with Gasteiger partial charge in [-0.1, -0.05) is 24.3 Å². The van der Waals surface area contributed by atoms with E-state index in [9.17, 15) is 36.5 Å². The quantitative estimate of drug-likeness (QED) is 0.496. The molecule has 1 atom stereocenters. The van der Waals surface area contributed by atoms with Crippen molar-refractivity contribution in [2.24, 2.45) is 0 Å². The molecule has 3 rings (SSSR count). The fraction of sp³-hybridized carbons (Fsp3) is 0.350. The van der Waals surface area contributed by atoms with Crippen LogP contribution in [0, 0.1) is 10.1 Å². The molecule has 178 valence electrons. The number of halogens is 3. The molecule has 0 aliphatic carbocycles. The maximum Gasteiger partial charge on any atom is 0.418 e. The molecule has 2 aromatic carbocycles. The third kappa shape index (κ3) is 5.31. The molecule has 1 heterocycles. The van der Waals surface area contributed by atoms with E-state index in [1.807, 2.05) is 0 Å². The molecule has 9 nitrogen and oxygen atoms in total. The van der Waals surface area contributed by atoms with E-state index < -0.39 is 49.2 Å². The Morgan fingerprint density at radius 1 is 1.06 bits per heavy atom. The summed E-state index contributed by atoms with van der Waals surface area (Å²) in [6.07, 6.45) is -4.63. The molecule has 1 aliphatic rings. The third-order valence-corrected chi connectivity index (χ3v) is 7.32. The number of piperazine rings is 1. The molecule has 13 heteroatoms. The summed E-state index contributed by atoms with van der Waals surface area (Å²) in [6, 6.07) is 8.82. The lowest BCUT2D eigenvalue weighted by Gasteiger charge is -2.36. The summed E-state index contributed by atoms with van der Waals surface area (Å²) >= 11 is 0. The number of nitrogens with one attached hydrogen (secondary N) is 1. The summed E-state index contributed by atoms with van der Waals surface area (Å²) in [6.45, 7) is 1.68. The van der Waals surface area contributed by atoms with E-state index in [1.165, 1.54) is 31.2 Å². The number of rotatable bonds is 6. The van der Waals surface area contributed by atoms with Crippen LogP contribution in [0.5, 0.6) is 0 Å². The summed E-state index contributed by atoms with van der Waals surface area (Å²) in [5.41, 5.74) is -1.86. The van der Waals surface area contributed by atoms with Crippen LogP contribution in [0.4, 0.5) is 24.5 Å². The summed E-state index contributed by atoms with van der Waals surface area (Å²) in [5, 5.41) is 13.5. The van der Waals surface area contributed by atoms with Gasteiger partial charge in [0.1, 0.15) is 0 Å². The highest BCUT2D eigenvalue weighted by atomic mass is 32.2. The molecule has 1 saturated heterocycles. The molecular weight excluding hydrogens is 465 g/mol. The number of amides is 1. The van der Waals surface area contributed by atoms with Gasteiger partial charge in [-0.25, -0.2) is 8.42 Å². The first-order valence-corrected chi connectivity index (χ1v) is 11.3. The SMILES string of the molecule is CC(C(=O)Nc1ccccc1C(F)(F)F)N1CCN(S(=O)(=O)c2ccccc2[N+](=O)[O-])CC1. The zero-order valence-electron chi connectivity index (χ0n) is 17.4. The Balaban J connectivity index is 1.68. The van der Waals surface area contributed by atoms with Gasteiger partial charge in [0.2, 0.25) is 15.9 Å². The standard InChI is InChI=1S/C20H21F3N4O5S/c1-14(19(28)24-16-7-3-2-6-15(16)20(21,22)23)25-10-12-26(13-11-25)33(31,32)18-9-5-4-8-17(18)27(29)30/h2-9,14H,10-13H2,1H3,(H,24,28). The van der Waals surface area contributed by atoms with Crippen LogP contribution in [0.1, 0.15) is 12.5 Å². The average molecular weight is 486 g/mol. The Kier molecular flexibility index (Phi) is 7.05. The largest absolute Gasteiger partial charge is 0.418 e. The van der Waals surface area contributed by atoms with Crippen LogP contribution in [0.15, 0.2) is 53.4 Å². The molecule has 0 radical (unpaired) electrons. The topological polar surface area (TPSA) is 113 Å². The highest BCUT2D eigenvalue weighted by molar-refractivity contribution is 7.89. The molecule has 33 heavy (non-hydrogen) atoms. The monoisotopic (exact) mass is 486 g/mol. The Morgan fingerprint density at radius 3 is 2.24 bits per heavy atom. The van der Waals surface area contributed by atoms with Crippen molar-refractivity contribution in [3.8, 4) is 0 Å². The van der Waals surface area contributed by atoms with E-state index in [0.717, 1.165) is 28.6 Å². The van der Waals surface area contributed by atoms with E-state index in [2.05, 4.69) is 5.32 Å². The lowest BCUT2D eigenvalue weighted by atomic mass is 10.1. The highest BCUT2D eigenvalue weighted by Crippen LogP contribution is 2.34. The first-order valence-electron chi connectivity index (χ1n) is 9.87. The average Bonchev–Trinajstić information content (AvgIpc) is 2.78. The van der Waals surface area contributed by atoms with Crippen molar-refractivity contribution in [3.05, 3.63) is 64.2 Å². The van der Waals surface area contributed by atoms with Crippen LogP contribution < -0.4 is 5.32 Å². The van der Waals surface area contributed by atoms with Gasteiger partial charge in [0.15, 0.2) is 4.90 Å². The number of nitro groups is 1. The van der Waals surface area contributed by atoms with Gasteiger partial charge in [-0.15, -0.1) is 0 Å². The van der Waals surface area contributed by atoms with Crippen molar-refractivity contribution in [1.82, 2.24) is 9.21 Å². The highest BCUT2D eigenvalue weighted by Gasteiger charge is 2.37. The number of nitro benzene ring substituents is 1. The molecular formula is C20H21F3N4O5S. The first-order chi connectivity index (χ1) is 15.4. The lowest BCUT2D eigenvalue weighted by Crippen LogP contribution is -2.54. The predicted molar refractivity (Wildman–Crippen MR) is 113 cm³/mol. The number of carbonyl (C=O) groups excluding carboxylic acids is 1. The first kappa shape index (κ1) is 24.6. The van der Waals surface area contributed by atoms with E-state index >= 15 is 0 Å². The molecule has 0 saturated carbocycles. The maximum absolute atomic E-state index is 13.2.